The maximum Gasteiger partial charge on any atom is 0.339 e. The predicted molar refractivity (Wildman–Crippen MR) is 67.6 cm³/mol. The van der Waals surface area contributed by atoms with Crippen molar-refractivity contribution in [2.75, 3.05) is 6.61 Å². The van der Waals surface area contributed by atoms with Gasteiger partial charge in [0, 0.05) is 6.42 Å². The first-order valence-electron chi connectivity index (χ1n) is 5.89. The number of benzene rings is 1. The molecular formula is C13H13ClFNO3. The third-order valence-corrected chi connectivity index (χ3v) is 3.28. The molecule has 1 amide bonds. The molecule has 0 bridgehead atoms. The lowest BCUT2D eigenvalue weighted by molar-refractivity contribution is -0.119. The Morgan fingerprint density at radius 2 is 2.32 bits per heavy atom. The number of rotatable bonds is 3. The normalized spacial score (nSPS) is 18.3. The van der Waals surface area contributed by atoms with Crippen molar-refractivity contribution in [3.8, 4) is 0 Å². The fourth-order valence-corrected chi connectivity index (χ4v) is 2.10. The largest absolute Gasteiger partial charge is 0.460 e. The summed E-state index contributed by atoms with van der Waals surface area (Å²) in [7, 11) is 0. The fourth-order valence-electron chi connectivity index (χ4n) is 1.87. The molecule has 0 aromatic heterocycles. The Kier molecular flexibility index (Phi) is 4.04. The zero-order valence-corrected chi connectivity index (χ0v) is 11.1. The van der Waals surface area contributed by atoms with Gasteiger partial charge in [0.15, 0.2) is 0 Å². The van der Waals surface area contributed by atoms with Crippen molar-refractivity contribution in [3.05, 3.63) is 34.1 Å². The van der Waals surface area contributed by atoms with Gasteiger partial charge in [0.25, 0.3) is 0 Å². The number of aryl methyl sites for hydroxylation is 1. The maximum absolute atomic E-state index is 13.2. The lowest BCUT2D eigenvalue weighted by atomic mass is 10.1. The van der Waals surface area contributed by atoms with E-state index in [-0.39, 0.29) is 29.1 Å². The van der Waals surface area contributed by atoms with Gasteiger partial charge in [0.05, 0.1) is 16.6 Å². The van der Waals surface area contributed by atoms with Gasteiger partial charge in [-0.05, 0) is 31.0 Å². The quantitative estimate of drug-likeness (QED) is 0.867. The summed E-state index contributed by atoms with van der Waals surface area (Å²) < 4.78 is 18.3. The first-order chi connectivity index (χ1) is 8.97. The lowest BCUT2D eigenvalue weighted by Gasteiger charge is -2.11. The van der Waals surface area contributed by atoms with Gasteiger partial charge in [-0.3, -0.25) is 4.79 Å². The van der Waals surface area contributed by atoms with Crippen molar-refractivity contribution in [2.45, 2.75) is 25.8 Å². The molecular weight excluding hydrogens is 273 g/mol. The summed E-state index contributed by atoms with van der Waals surface area (Å²) in [4.78, 5) is 22.8. The van der Waals surface area contributed by atoms with Crippen LogP contribution >= 0.6 is 11.6 Å². The van der Waals surface area contributed by atoms with Crippen LogP contribution in [-0.2, 0) is 9.53 Å². The number of nitrogens with one attached hydrogen (secondary N) is 1. The third-order valence-electron chi connectivity index (χ3n) is 2.97. The van der Waals surface area contributed by atoms with E-state index in [2.05, 4.69) is 5.32 Å². The molecule has 1 aliphatic heterocycles. The van der Waals surface area contributed by atoms with Crippen LogP contribution in [0.4, 0.5) is 4.39 Å². The van der Waals surface area contributed by atoms with Gasteiger partial charge in [-0.2, -0.15) is 0 Å². The zero-order valence-electron chi connectivity index (χ0n) is 10.3. The second kappa shape index (κ2) is 5.57. The van der Waals surface area contributed by atoms with Crippen LogP contribution in [0, 0.1) is 12.7 Å². The summed E-state index contributed by atoms with van der Waals surface area (Å²) >= 11 is 5.80. The summed E-state index contributed by atoms with van der Waals surface area (Å²) in [6.45, 7) is 1.64. The average molecular weight is 286 g/mol. The van der Waals surface area contributed by atoms with Gasteiger partial charge in [0.2, 0.25) is 5.91 Å². The minimum Gasteiger partial charge on any atom is -0.460 e. The number of amides is 1. The molecule has 0 unspecified atom stereocenters. The average Bonchev–Trinajstić information content (AvgIpc) is 2.77. The van der Waals surface area contributed by atoms with Crippen LogP contribution in [0.5, 0.6) is 0 Å². The van der Waals surface area contributed by atoms with Gasteiger partial charge >= 0.3 is 5.97 Å². The van der Waals surface area contributed by atoms with Crippen LogP contribution in [0.2, 0.25) is 5.02 Å². The fraction of sp³-hybridized carbons (Fsp3) is 0.385. The lowest BCUT2D eigenvalue weighted by Crippen LogP contribution is -2.30. The van der Waals surface area contributed by atoms with E-state index >= 15 is 0 Å². The van der Waals surface area contributed by atoms with Gasteiger partial charge < -0.3 is 10.1 Å². The number of carbonyl (C=O) groups excluding carboxylic acids is 2. The number of hydrogen-bond acceptors (Lipinski definition) is 3. The Bertz CT molecular complexity index is 533. The number of halogens is 2. The molecule has 102 valence electrons. The van der Waals surface area contributed by atoms with E-state index < -0.39 is 11.8 Å². The standard InChI is InChI=1S/C13H13ClFNO3/c1-7-4-9(10(14)5-11(7)15)13(18)19-6-8-2-3-12(17)16-8/h4-5,8H,2-3,6H2,1H3,(H,16,17)/t8-/m0/s1. The third kappa shape index (κ3) is 3.23. The molecule has 0 radical (unpaired) electrons. The zero-order chi connectivity index (χ0) is 14.0. The van der Waals surface area contributed by atoms with E-state index in [1.54, 1.807) is 6.92 Å². The van der Waals surface area contributed by atoms with Crippen molar-refractivity contribution in [1.29, 1.82) is 0 Å². The highest BCUT2D eigenvalue weighted by Crippen LogP contribution is 2.21. The molecule has 1 aliphatic rings. The second-order valence-electron chi connectivity index (χ2n) is 4.48. The van der Waals surface area contributed by atoms with Crippen molar-refractivity contribution in [2.24, 2.45) is 0 Å². The molecule has 1 aromatic rings. The molecule has 6 heteroatoms. The molecule has 1 heterocycles. The van der Waals surface area contributed by atoms with Crippen LogP contribution < -0.4 is 5.32 Å². The first-order valence-corrected chi connectivity index (χ1v) is 6.27. The number of esters is 1. The summed E-state index contributed by atoms with van der Waals surface area (Å²) in [5.74, 6) is -1.13. The monoisotopic (exact) mass is 285 g/mol. The molecule has 2 rings (SSSR count). The second-order valence-corrected chi connectivity index (χ2v) is 4.89. The summed E-state index contributed by atoms with van der Waals surface area (Å²) in [6, 6.07) is 2.29. The predicted octanol–water partition coefficient (Wildman–Crippen LogP) is 2.22. The smallest absolute Gasteiger partial charge is 0.339 e. The topological polar surface area (TPSA) is 55.4 Å². The molecule has 1 saturated heterocycles. The summed E-state index contributed by atoms with van der Waals surface area (Å²) in [6.07, 6.45) is 1.08. The highest BCUT2D eigenvalue weighted by molar-refractivity contribution is 6.33. The highest BCUT2D eigenvalue weighted by Gasteiger charge is 2.23. The van der Waals surface area contributed by atoms with Crippen LogP contribution in [-0.4, -0.2) is 24.5 Å². The Balaban J connectivity index is 2.00. The number of hydrogen-bond donors (Lipinski definition) is 1. The van der Waals surface area contributed by atoms with Crippen molar-refractivity contribution >= 4 is 23.5 Å². The molecule has 19 heavy (non-hydrogen) atoms. The molecule has 1 N–H and O–H groups in total. The Labute approximate surface area is 114 Å². The van der Waals surface area contributed by atoms with Crippen molar-refractivity contribution in [1.82, 2.24) is 5.32 Å². The van der Waals surface area contributed by atoms with Crippen LogP contribution in [0.15, 0.2) is 12.1 Å². The minimum absolute atomic E-state index is 0.0172. The van der Waals surface area contributed by atoms with E-state index in [0.29, 0.717) is 18.4 Å². The molecule has 0 spiro atoms. The Morgan fingerprint density at radius 3 is 2.95 bits per heavy atom. The van der Waals surface area contributed by atoms with E-state index in [4.69, 9.17) is 16.3 Å². The van der Waals surface area contributed by atoms with Gasteiger partial charge in [-0.1, -0.05) is 11.6 Å². The summed E-state index contributed by atoms with van der Waals surface area (Å²) in [5.41, 5.74) is 0.454. The minimum atomic E-state index is -0.616. The Hall–Kier alpha value is -1.62. The van der Waals surface area contributed by atoms with E-state index in [9.17, 15) is 14.0 Å². The van der Waals surface area contributed by atoms with E-state index in [1.165, 1.54) is 6.07 Å². The first kappa shape index (κ1) is 13.8. The molecule has 0 aliphatic carbocycles. The van der Waals surface area contributed by atoms with Crippen LogP contribution in [0.3, 0.4) is 0 Å². The van der Waals surface area contributed by atoms with E-state index in [1.807, 2.05) is 0 Å². The SMILES string of the molecule is Cc1cc(C(=O)OC[C@@H]2CCC(=O)N2)c(Cl)cc1F. The van der Waals surface area contributed by atoms with Crippen molar-refractivity contribution in [3.63, 3.8) is 0 Å². The molecule has 0 saturated carbocycles. The van der Waals surface area contributed by atoms with Gasteiger partial charge in [-0.25, -0.2) is 9.18 Å². The summed E-state index contributed by atoms with van der Waals surface area (Å²) in [5, 5.41) is 2.70. The number of ether oxygens (including phenoxy) is 1. The molecule has 4 nitrogen and oxygen atoms in total. The van der Waals surface area contributed by atoms with Crippen molar-refractivity contribution < 1.29 is 18.7 Å². The molecule has 1 atom stereocenters. The number of carbonyl (C=O) groups is 2. The molecule has 1 fully saturated rings. The van der Waals surface area contributed by atoms with Crippen LogP contribution in [0.25, 0.3) is 0 Å². The Morgan fingerprint density at radius 1 is 1.58 bits per heavy atom. The van der Waals surface area contributed by atoms with Gasteiger partial charge in [-0.15, -0.1) is 0 Å². The van der Waals surface area contributed by atoms with Crippen LogP contribution in [0.1, 0.15) is 28.8 Å². The highest BCUT2D eigenvalue weighted by atomic mass is 35.5. The molecule has 1 aromatic carbocycles. The van der Waals surface area contributed by atoms with E-state index in [0.717, 1.165) is 6.07 Å². The van der Waals surface area contributed by atoms with Gasteiger partial charge in [0.1, 0.15) is 12.4 Å². The maximum atomic E-state index is 13.2.